The zero-order chi connectivity index (χ0) is 22.6. The number of hydrogen-bond acceptors (Lipinski definition) is 3. The SMILES string of the molecule is CCCCCC[C@]12O[C@H]3c4ccccc4[C@H]1[C@@H]1O[C@@](O)([C@@H]3CCCCC)[C@H]2c2ccccc21. The van der Waals surface area contributed by atoms with Gasteiger partial charge in [0.1, 0.15) is 0 Å². The third-order valence-corrected chi connectivity index (χ3v) is 9.08. The van der Waals surface area contributed by atoms with Crippen LogP contribution < -0.4 is 0 Å². The Morgan fingerprint density at radius 1 is 0.727 bits per heavy atom. The van der Waals surface area contributed by atoms with Crippen molar-refractivity contribution in [1.29, 1.82) is 0 Å². The quantitative estimate of drug-likeness (QED) is 0.410. The van der Waals surface area contributed by atoms with Gasteiger partial charge in [-0.2, -0.15) is 0 Å². The summed E-state index contributed by atoms with van der Waals surface area (Å²) in [5.41, 5.74) is 4.82. The minimum absolute atomic E-state index is 0.0453. The van der Waals surface area contributed by atoms with Gasteiger partial charge in [0.25, 0.3) is 0 Å². The Balaban J connectivity index is 1.54. The molecule has 1 N–H and O–H groups in total. The Morgan fingerprint density at radius 3 is 2.09 bits per heavy atom. The van der Waals surface area contributed by atoms with E-state index in [1.165, 1.54) is 54.4 Å². The van der Waals surface area contributed by atoms with Gasteiger partial charge >= 0.3 is 0 Å². The van der Waals surface area contributed by atoms with Crippen molar-refractivity contribution < 1.29 is 14.6 Å². The number of aliphatic hydroxyl groups is 1. The van der Waals surface area contributed by atoms with Crippen molar-refractivity contribution in [2.75, 3.05) is 0 Å². The van der Waals surface area contributed by atoms with Crippen LogP contribution >= 0.6 is 0 Å². The molecule has 0 saturated carbocycles. The summed E-state index contributed by atoms with van der Waals surface area (Å²) in [7, 11) is 0. The van der Waals surface area contributed by atoms with Crippen molar-refractivity contribution in [3.05, 3.63) is 70.8 Å². The molecule has 3 heteroatoms. The molecule has 4 heterocycles. The maximum atomic E-state index is 12.5. The van der Waals surface area contributed by atoms with Crippen LogP contribution in [0.5, 0.6) is 0 Å². The summed E-state index contributed by atoms with van der Waals surface area (Å²) < 4.78 is 14.1. The van der Waals surface area contributed by atoms with Crippen LogP contribution in [-0.4, -0.2) is 16.5 Å². The normalized spacial score (nSPS) is 37.1. The fourth-order valence-corrected chi connectivity index (χ4v) is 7.78. The van der Waals surface area contributed by atoms with Gasteiger partial charge in [0.15, 0.2) is 5.79 Å². The Kier molecular flexibility index (Phi) is 5.44. The van der Waals surface area contributed by atoms with E-state index in [0.717, 1.165) is 25.7 Å². The lowest BCUT2D eigenvalue weighted by molar-refractivity contribution is -0.415. The van der Waals surface area contributed by atoms with Crippen molar-refractivity contribution >= 4 is 0 Å². The lowest BCUT2D eigenvalue weighted by atomic mass is 9.49. The summed E-state index contributed by atoms with van der Waals surface area (Å²) in [5.74, 6) is -1.20. The predicted octanol–water partition coefficient (Wildman–Crippen LogP) is 7.32. The molecule has 2 aromatic carbocycles. The maximum Gasteiger partial charge on any atom is 0.181 e. The minimum atomic E-state index is -1.16. The van der Waals surface area contributed by atoms with Gasteiger partial charge in [-0.05, 0) is 35.1 Å². The second-order valence-electron chi connectivity index (χ2n) is 10.9. The van der Waals surface area contributed by atoms with Gasteiger partial charge in [0.05, 0.1) is 23.7 Å². The smallest absolute Gasteiger partial charge is 0.181 e. The number of unbranched alkanes of at least 4 members (excludes halogenated alkanes) is 5. The van der Waals surface area contributed by atoms with E-state index >= 15 is 0 Å². The molecule has 4 aliphatic heterocycles. The summed E-state index contributed by atoms with van der Waals surface area (Å²) in [4.78, 5) is 0. The van der Waals surface area contributed by atoms with E-state index in [1.807, 2.05) is 0 Å². The Bertz CT molecular complexity index is 1020. The van der Waals surface area contributed by atoms with Gasteiger partial charge in [-0.15, -0.1) is 0 Å². The number of rotatable bonds is 9. The third kappa shape index (κ3) is 2.98. The van der Waals surface area contributed by atoms with Crippen LogP contribution in [0.1, 0.15) is 118 Å². The molecule has 0 amide bonds. The van der Waals surface area contributed by atoms with E-state index in [0.29, 0.717) is 0 Å². The number of ether oxygens (including phenoxy) is 2. The van der Waals surface area contributed by atoms with Crippen molar-refractivity contribution in [3.8, 4) is 0 Å². The topological polar surface area (TPSA) is 38.7 Å². The monoisotopic (exact) mass is 446 g/mol. The summed E-state index contributed by atoms with van der Waals surface area (Å²) in [6.45, 7) is 4.50. The van der Waals surface area contributed by atoms with Crippen LogP contribution in [0.4, 0.5) is 0 Å². The molecule has 2 saturated heterocycles. The average molecular weight is 447 g/mol. The van der Waals surface area contributed by atoms with Gasteiger partial charge in [0.2, 0.25) is 0 Å². The molecule has 176 valence electrons. The summed E-state index contributed by atoms with van der Waals surface area (Å²) in [6.07, 6.45) is 9.97. The van der Waals surface area contributed by atoms with E-state index in [-0.39, 0.29) is 35.6 Å². The highest BCUT2D eigenvalue weighted by atomic mass is 16.7. The summed E-state index contributed by atoms with van der Waals surface area (Å²) >= 11 is 0. The van der Waals surface area contributed by atoms with Gasteiger partial charge in [-0.1, -0.05) is 107 Å². The lowest BCUT2D eigenvalue weighted by Gasteiger charge is -2.71. The van der Waals surface area contributed by atoms with Gasteiger partial charge in [0, 0.05) is 11.8 Å². The standard InChI is InChI=1S/C30H38O3/c1-3-5-7-13-19-29-25-20-14-9-10-15-21(20)26(32-29)24(18-8-6-4-2)30(31)28(29)23-17-12-11-16-22(23)27(25)33-30/h9-12,14-17,24-28,31H,3-8,13,18-19H2,1-2H3/t24-,25+,26+,27-,28+,29+,30+/m1/s1. The van der Waals surface area contributed by atoms with Crippen LogP contribution in [0.25, 0.3) is 0 Å². The average Bonchev–Trinajstić information content (AvgIpc) is 2.83. The molecule has 2 aromatic rings. The van der Waals surface area contributed by atoms with Gasteiger partial charge < -0.3 is 14.6 Å². The van der Waals surface area contributed by atoms with Crippen molar-refractivity contribution in [2.24, 2.45) is 5.92 Å². The van der Waals surface area contributed by atoms with Crippen molar-refractivity contribution in [1.82, 2.24) is 0 Å². The summed E-state index contributed by atoms with van der Waals surface area (Å²) in [5, 5.41) is 12.5. The molecule has 1 aliphatic carbocycles. The molecule has 5 bridgehead atoms. The van der Waals surface area contributed by atoms with Crippen LogP contribution in [0.15, 0.2) is 48.5 Å². The van der Waals surface area contributed by atoms with Crippen LogP contribution in [-0.2, 0) is 9.47 Å². The van der Waals surface area contributed by atoms with Gasteiger partial charge in [-0.3, -0.25) is 0 Å². The molecule has 7 rings (SSSR count). The molecule has 3 nitrogen and oxygen atoms in total. The number of fused-ring (bicyclic) bond motifs is 3. The zero-order valence-corrected chi connectivity index (χ0v) is 20.1. The lowest BCUT2D eigenvalue weighted by Crippen LogP contribution is -2.73. The van der Waals surface area contributed by atoms with Crippen molar-refractivity contribution in [2.45, 2.75) is 107 Å². The van der Waals surface area contributed by atoms with E-state index in [2.05, 4.69) is 62.4 Å². The zero-order valence-electron chi connectivity index (χ0n) is 20.1. The van der Waals surface area contributed by atoms with E-state index in [1.54, 1.807) is 0 Å². The van der Waals surface area contributed by atoms with E-state index in [4.69, 9.17) is 9.47 Å². The maximum absolute atomic E-state index is 12.5. The number of hydrogen-bond donors (Lipinski definition) is 1. The van der Waals surface area contributed by atoms with Gasteiger partial charge in [-0.25, -0.2) is 0 Å². The third-order valence-electron chi connectivity index (χ3n) is 9.08. The van der Waals surface area contributed by atoms with E-state index in [9.17, 15) is 5.11 Å². The fraction of sp³-hybridized carbons (Fsp3) is 0.600. The molecule has 0 aromatic heterocycles. The van der Waals surface area contributed by atoms with Crippen LogP contribution in [0, 0.1) is 5.92 Å². The highest BCUT2D eigenvalue weighted by Crippen LogP contribution is 2.74. The minimum Gasteiger partial charge on any atom is -0.365 e. The first-order valence-corrected chi connectivity index (χ1v) is 13.4. The largest absolute Gasteiger partial charge is 0.365 e. The first-order valence-electron chi connectivity index (χ1n) is 13.4. The molecule has 33 heavy (non-hydrogen) atoms. The molecule has 0 unspecified atom stereocenters. The predicted molar refractivity (Wildman–Crippen MR) is 130 cm³/mol. The highest BCUT2D eigenvalue weighted by molar-refractivity contribution is 5.53. The van der Waals surface area contributed by atoms with Crippen molar-refractivity contribution in [3.63, 3.8) is 0 Å². The van der Waals surface area contributed by atoms with Crippen LogP contribution in [0.3, 0.4) is 0 Å². The Labute approximate surface area is 198 Å². The fourth-order valence-electron chi connectivity index (χ4n) is 7.78. The molecule has 2 fully saturated rings. The van der Waals surface area contributed by atoms with Crippen LogP contribution in [0.2, 0.25) is 0 Å². The number of benzene rings is 2. The second kappa shape index (κ2) is 8.22. The van der Waals surface area contributed by atoms with E-state index < -0.39 is 5.79 Å². The first kappa shape index (κ1) is 21.8. The molecule has 7 atom stereocenters. The molecule has 5 aliphatic rings. The Hall–Kier alpha value is -1.68. The molecular weight excluding hydrogens is 408 g/mol. The Morgan fingerprint density at radius 2 is 1.36 bits per heavy atom. The second-order valence-corrected chi connectivity index (χ2v) is 10.9. The molecular formula is C30H38O3. The highest BCUT2D eigenvalue weighted by Gasteiger charge is 2.75. The summed E-state index contributed by atoms with van der Waals surface area (Å²) in [6, 6.07) is 17.6. The molecule has 0 spiro atoms. The first-order chi connectivity index (χ1) is 16.2. The molecule has 0 radical (unpaired) electrons.